The van der Waals surface area contributed by atoms with Crippen molar-refractivity contribution in [2.45, 2.75) is 19.8 Å². The van der Waals surface area contributed by atoms with Crippen molar-refractivity contribution >= 4 is 11.7 Å². The second-order valence-corrected chi connectivity index (χ2v) is 8.41. The number of para-hydroxylation sites is 1. The molecule has 0 unspecified atom stereocenters. The van der Waals surface area contributed by atoms with Crippen LogP contribution in [0.1, 0.15) is 41.4 Å². The van der Waals surface area contributed by atoms with Gasteiger partial charge in [-0.2, -0.15) is 5.26 Å². The molecule has 0 saturated carbocycles. The zero-order valence-electron chi connectivity index (χ0n) is 19.3. The Hall–Kier alpha value is -3.85. The topological polar surface area (TPSA) is 69.5 Å². The van der Waals surface area contributed by atoms with Crippen LogP contribution in [0, 0.1) is 11.3 Å². The molecule has 0 atom stereocenters. The molecule has 3 aromatic rings. The molecule has 0 aliphatic carbocycles. The van der Waals surface area contributed by atoms with Gasteiger partial charge in [-0.3, -0.25) is 4.79 Å². The number of amides is 1. The first-order valence-corrected chi connectivity index (χ1v) is 11.2. The Kier molecular flexibility index (Phi) is 6.60. The van der Waals surface area contributed by atoms with Gasteiger partial charge >= 0.3 is 0 Å². The molecular weight excluding hydrogens is 412 g/mol. The van der Waals surface area contributed by atoms with Crippen molar-refractivity contribution in [1.29, 1.82) is 5.26 Å². The van der Waals surface area contributed by atoms with Gasteiger partial charge in [-0.25, -0.2) is 4.98 Å². The molecule has 1 aliphatic heterocycles. The molecule has 0 spiro atoms. The number of hydrogen-bond donors (Lipinski definition) is 0. The van der Waals surface area contributed by atoms with E-state index in [1.54, 1.807) is 7.11 Å². The molecular formula is C27H28N4O2. The van der Waals surface area contributed by atoms with Gasteiger partial charge in [-0.05, 0) is 30.2 Å². The number of hydrogen-bond acceptors (Lipinski definition) is 5. The van der Waals surface area contributed by atoms with Gasteiger partial charge < -0.3 is 14.5 Å². The van der Waals surface area contributed by atoms with Gasteiger partial charge in [0.2, 0.25) is 0 Å². The molecule has 4 rings (SSSR count). The highest BCUT2D eigenvalue weighted by atomic mass is 16.5. The number of piperazine rings is 1. The Balaban J connectivity index is 1.68. The zero-order valence-corrected chi connectivity index (χ0v) is 19.3. The third-order valence-corrected chi connectivity index (χ3v) is 6.01. The van der Waals surface area contributed by atoms with Crippen LogP contribution in [-0.2, 0) is 0 Å². The highest BCUT2D eigenvalue weighted by Gasteiger charge is 2.27. The van der Waals surface area contributed by atoms with Crippen LogP contribution in [0.4, 0.5) is 5.82 Å². The number of carbonyl (C=O) groups is 1. The van der Waals surface area contributed by atoms with Gasteiger partial charge in [0, 0.05) is 48.6 Å². The second-order valence-electron chi connectivity index (χ2n) is 8.41. The van der Waals surface area contributed by atoms with Crippen LogP contribution in [0.2, 0.25) is 0 Å². The third kappa shape index (κ3) is 4.54. The number of pyridine rings is 1. The van der Waals surface area contributed by atoms with Crippen LogP contribution in [0.5, 0.6) is 5.75 Å². The smallest absolute Gasteiger partial charge is 0.253 e. The largest absolute Gasteiger partial charge is 0.496 e. The van der Waals surface area contributed by atoms with Crippen LogP contribution in [-0.4, -0.2) is 49.1 Å². The summed E-state index contributed by atoms with van der Waals surface area (Å²) in [7, 11) is 1.64. The van der Waals surface area contributed by atoms with E-state index in [2.05, 4.69) is 24.8 Å². The average Bonchev–Trinajstić information content (AvgIpc) is 2.88. The van der Waals surface area contributed by atoms with E-state index in [1.807, 2.05) is 65.6 Å². The van der Waals surface area contributed by atoms with E-state index in [9.17, 15) is 10.1 Å². The highest BCUT2D eigenvalue weighted by molar-refractivity contribution is 5.94. The lowest BCUT2D eigenvalue weighted by atomic mass is 9.96. The monoisotopic (exact) mass is 440 g/mol. The number of benzene rings is 2. The zero-order chi connectivity index (χ0) is 23.4. The summed E-state index contributed by atoms with van der Waals surface area (Å²) >= 11 is 0. The molecule has 168 valence electrons. The fourth-order valence-electron chi connectivity index (χ4n) is 4.15. The summed E-state index contributed by atoms with van der Waals surface area (Å²) < 4.78 is 5.58. The Bertz CT molecular complexity index is 1180. The van der Waals surface area contributed by atoms with E-state index in [1.165, 1.54) is 0 Å². The lowest BCUT2D eigenvalue weighted by Crippen LogP contribution is -2.49. The first-order valence-electron chi connectivity index (χ1n) is 11.2. The van der Waals surface area contributed by atoms with Crippen LogP contribution in [0.25, 0.3) is 11.1 Å². The maximum atomic E-state index is 12.8. The molecule has 1 saturated heterocycles. The lowest BCUT2D eigenvalue weighted by Gasteiger charge is -2.36. The summed E-state index contributed by atoms with van der Waals surface area (Å²) in [4.78, 5) is 21.7. The van der Waals surface area contributed by atoms with Crippen LogP contribution < -0.4 is 9.64 Å². The van der Waals surface area contributed by atoms with Crippen LogP contribution >= 0.6 is 0 Å². The van der Waals surface area contributed by atoms with Crippen molar-refractivity contribution in [3.05, 3.63) is 77.5 Å². The normalized spacial score (nSPS) is 13.7. The molecule has 1 aromatic heterocycles. The number of nitrogens with zero attached hydrogens (tertiary/aromatic N) is 4. The van der Waals surface area contributed by atoms with Crippen molar-refractivity contribution in [2.24, 2.45) is 0 Å². The van der Waals surface area contributed by atoms with E-state index in [4.69, 9.17) is 9.72 Å². The summed E-state index contributed by atoms with van der Waals surface area (Å²) in [5.41, 5.74) is 3.85. The van der Waals surface area contributed by atoms with E-state index < -0.39 is 0 Å². The van der Waals surface area contributed by atoms with Crippen molar-refractivity contribution in [3.63, 3.8) is 0 Å². The predicted octanol–water partition coefficient (Wildman–Crippen LogP) is 4.71. The number of ether oxygens (including phenoxy) is 1. The Morgan fingerprint density at radius 3 is 2.30 bits per heavy atom. The molecule has 2 heterocycles. The quantitative estimate of drug-likeness (QED) is 0.574. The highest BCUT2D eigenvalue weighted by Crippen LogP contribution is 2.37. The minimum absolute atomic E-state index is 0.0364. The summed E-state index contributed by atoms with van der Waals surface area (Å²) in [6.45, 7) is 6.59. The maximum absolute atomic E-state index is 12.8. The van der Waals surface area contributed by atoms with Crippen LogP contribution in [0.3, 0.4) is 0 Å². The molecule has 6 nitrogen and oxygen atoms in total. The van der Waals surface area contributed by atoms with Gasteiger partial charge in [0.15, 0.2) is 0 Å². The Morgan fingerprint density at radius 1 is 1.00 bits per heavy atom. The van der Waals surface area contributed by atoms with Gasteiger partial charge in [-0.1, -0.05) is 50.2 Å². The van der Waals surface area contributed by atoms with Gasteiger partial charge in [-0.15, -0.1) is 0 Å². The van der Waals surface area contributed by atoms with Crippen molar-refractivity contribution in [1.82, 2.24) is 9.88 Å². The number of rotatable bonds is 5. The molecule has 2 aromatic carbocycles. The molecule has 6 heteroatoms. The summed E-state index contributed by atoms with van der Waals surface area (Å²) in [6.07, 6.45) is 0. The third-order valence-electron chi connectivity index (χ3n) is 6.01. The predicted molar refractivity (Wildman–Crippen MR) is 130 cm³/mol. The number of carbonyl (C=O) groups excluding carboxylic acids is 1. The molecule has 1 fully saturated rings. The van der Waals surface area contributed by atoms with E-state index >= 15 is 0 Å². The standard InChI is InChI=1S/C27H28N4O2/c1-19(2)24-17-22(21-11-7-8-12-25(21)33-3)23(18-28)26(29-24)30-13-15-31(16-14-30)27(32)20-9-5-4-6-10-20/h4-12,17,19H,13-16H2,1-3H3. The minimum atomic E-state index is 0.0364. The van der Waals surface area contributed by atoms with Gasteiger partial charge in [0.1, 0.15) is 23.2 Å². The van der Waals surface area contributed by atoms with Gasteiger partial charge in [0.25, 0.3) is 5.91 Å². The lowest BCUT2D eigenvalue weighted by molar-refractivity contribution is 0.0746. The first-order chi connectivity index (χ1) is 16.0. The number of anilines is 1. The van der Waals surface area contributed by atoms with Crippen LogP contribution in [0.15, 0.2) is 60.7 Å². The van der Waals surface area contributed by atoms with E-state index in [0.29, 0.717) is 43.1 Å². The molecule has 0 N–H and O–H groups in total. The SMILES string of the molecule is COc1ccccc1-c1cc(C(C)C)nc(N2CCN(C(=O)c3ccccc3)CC2)c1C#N. The molecule has 33 heavy (non-hydrogen) atoms. The fraction of sp³-hybridized carbons (Fsp3) is 0.296. The second kappa shape index (κ2) is 9.74. The maximum Gasteiger partial charge on any atom is 0.253 e. The Morgan fingerprint density at radius 2 is 1.67 bits per heavy atom. The van der Waals surface area contributed by atoms with Crippen molar-refractivity contribution in [2.75, 3.05) is 38.2 Å². The fourth-order valence-corrected chi connectivity index (χ4v) is 4.15. The van der Waals surface area contributed by atoms with Gasteiger partial charge in [0.05, 0.1) is 7.11 Å². The summed E-state index contributed by atoms with van der Waals surface area (Å²) in [5, 5.41) is 10.2. The summed E-state index contributed by atoms with van der Waals surface area (Å²) in [5.74, 6) is 1.64. The number of methoxy groups -OCH3 is 1. The van der Waals surface area contributed by atoms with Crippen molar-refractivity contribution in [3.8, 4) is 22.9 Å². The van der Waals surface area contributed by atoms with E-state index in [0.717, 1.165) is 22.6 Å². The number of aromatic nitrogens is 1. The number of nitriles is 1. The Labute approximate surface area is 195 Å². The average molecular weight is 441 g/mol. The molecule has 1 aliphatic rings. The molecule has 0 radical (unpaired) electrons. The molecule has 1 amide bonds. The minimum Gasteiger partial charge on any atom is -0.496 e. The van der Waals surface area contributed by atoms with Crippen molar-refractivity contribution < 1.29 is 9.53 Å². The first kappa shape index (κ1) is 22.3. The molecule has 0 bridgehead atoms. The van der Waals surface area contributed by atoms with E-state index in [-0.39, 0.29) is 11.8 Å². The summed E-state index contributed by atoms with van der Waals surface area (Å²) in [6, 6.07) is 21.5.